The van der Waals surface area contributed by atoms with Gasteiger partial charge in [-0.05, 0) is 23.6 Å². The van der Waals surface area contributed by atoms with Gasteiger partial charge in [0.05, 0.1) is 11.9 Å². The highest BCUT2D eigenvalue weighted by Gasteiger charge is 2.22. The molecule has 5 nitrogen and oxygen atoms in total. The lowest BCUT2D eigenvalue weighted by atomic mass is 10.1. The number of hydrogen-bond acceptors (Lipinski definition) is 4. The first-order chi connectivity index (χ1) is 11.7. The lowest BCUT2D eigenvalue weighted by molar-refractivity contribution is 0.0471. The molecule has 0 amide bonds. The SMILES string of the molecule is CC(C)c1c(C(=O)OCc2ccccc2)cnn1-c1ccccn1. The van der Waals surface area contributed by atoms with Crippen molar-refractivity contribution in [1.82, 2.24) is 14.8 Å². The van der Waals surface area contributed by atoms with Crippen LogP contribution in [0.2, 0.25) is 0 Å². The summed E-state index contributed by atoms with van der Waals surface area (Å²) in [5.41, 5.74) is 2.23. The largest absolute Gasteiger partial charge is 0.457 e. The Hall–Kier alpha value is -2.95. The number of pyridine rings is 1. The third-order valence-corrected chi connectivity index (χ3v) is 3.65. The first-order valence-corrected chi connectivity index (χ1v) is 7.87. The van der Waals surface area contributed by atoms with Gasteiger partial charge in [0.15, 0.2) is 5.82 Å². The summed E-state index contributed by atoms with van der Waals surface area (Å²) in [4.78, 5) is 16.8. The van der Waals surface area contributed by atoms with E-state index in [-0.39, 0.29) is 18.5 Å². The van der Waals surface area contributed by atoms with E-state index in [2.05, 4.69) is 10.1 Å². The zero-order valence-corrected chi connectivity index (χ0v) is 13.7. The summed E-state index contributed by atoms with van der Waals surface area (Å²) in [7, 11) is 0. The van der Waals surface area contributed by atoms with Gasteiger partial charge in [-0.15, -0.1) is 0 Å². The zero-order chi connectivity index (χ0) is 16.9. The Morgan fingerprint density at radius 1 is 1.12 bits per heavy atom. The van der Waals surface area contributed by atoms with Gasteiger partial charge in [-0.25, -0.2) is 14.5 Å². The van der Waals surface area contributed by atoms with Crippen molar-refractivity contribution >= 4 is 5.97 Å². The van der Waals surface area contributed by atoms with E-state index >= 15 is 0 Å². The van der Waals surface area contributed by atoms with Crippen molar-refractivity contribution in [1.29, 1.82) is 0 Å². The van der Waals surface area contributed by atoms with E-state index in [0.29, 0.717) is 11.4 Å². The van der Waals surface area contributed by atoms with Crippen LogP contribution in [0.15, 0.2) is 60.9 Å². The van der Waals surface area contributed by atoms with Gasteiger partial charge in [-0.2, -0.15) is 5.10 Å². The van der Waals surface area contributed by atoms with Gasteiger partial charge in [0.25, 0.3) is 0 Å². The van der Waals surface area contributed by atoms with Crippen molar-refractivity contribution in [3.8, 4) is 5.82 Å². The normalized spacial score (nSPS) is 10.8. The number of nitrogens with zero attached hydrogens (tertiary/aromatic N) is 3. The van der Waals surface area contributed by atoms with Gasteiger partial charge in [-0.3, -0.25) is 0 Å². The molecule has 0 bridgehead atoms. The maximum atomic E-state index is 12.5. The quantitative estimate of drug-likeness (QED) is 0.672. The minimum absolute atomic E-state index is 0.105. The Labute approximate surface area is 140 Å². The van der Waals surface area contributed by atoms with E-state index in [1.807, 2.05) is 62.4 Å². The second-order valence-corrected chi connectivity index (χ2v) is 5.76. The minimum atomic E-state index is -0.371. The van der Waals surface area contributed by atoms with Crippen molar-refractivity contribution in [3.05, 3.63) is 77.7 Å². The number of ether oxygens (including phenoxy) is 1. The monoisotopic (exact) mass is 321 g/mol. The molecule has 2 heterocycles. The van der Waals surface area contributed by atoms with Gasteiger partial charge >= 0.3 is 5.97 Å². The average molecular weight is 321 g/mol. The van der Waals surface area contributed by atoms with E-state index in [0.717, 1.165) is 11.3 Å². The highest BCUT2D eigenvalue weighted by Crippen LogP contribution is 2.23. The lowest BCUT2D eigenvalue weighted by Gasteiger charge is -2.12. The molecule has 0 aliphatic heterocycles. The molecular formula is C19H19N3O2. The Kier molecular flexibility index (Phi) is 4.70. The fraction of sp³-hybridized carbons (Fsp3) is 0.211. The number of rotatable bonds is 5. The van der Waals surface area contributed by atoms with E-state index in [4.69, 9.17) is 4.74 Å². The van der Waals surface area contributed by atoms with Gasteiger partial charge in [-0.1, -0.05) is 50.2 Å². The molecule has 0 aliphatic carbocycles. The van der Waals surface area contributed by atoms with Crippen molar-refractivity contribution in [2.45, 2.75) is 26.4 Å². The standard InChI is InChI=1S/C19H19N3O2/c1-14(2)18-16(12-21-22(18)17-10-6-7-11-20-17)19(23)24-13-15-8-4-3-5-9-15/h3-12,14H,13H2,1-2H3. The molecule has 3 aromatic rings. The van der Waals surface area contributed by atoms with Crippen LogP contribution in [-0.4, -0.2) is 20.7 Å². The summed E-state index contributed by atoms with van der Waals surface area (Å²) in [6, 6.07) is 15.2. The Morgan fingerprint density at radius 3 is 2.54 bits per heavy atom. The molecular weight excluding hydrogens is 302 g/mol. The van der Waals surface area contributed by atoms with E-state index in [9.17, 15) is 4.79 Å². The van der Waals surface area contributed by atoms with E-state index in [1.54, 1.807) is 17.1 Å². The van der Waals surface area contributed by atoms with Crippen LogP contribution in [0.25, 0.3) is 5.82 Å². The van der Waals surface area contributed by atoms with Crippen molar-refractivity contribution in [2.24, 2.45) is 0 Å². The molecule has 3 rings (SSSR count). The number of hydrogen-bond donors (Lipinski definition) is 0. The molecule has 0 spiro atoms. The van der Waals surface area contributed by atoms with Crippen LogP contribution < -0.4 is 0 Å². The second-order valence-electron chi connectivity index (χ2n) is 5.76. The zero-order valence-electron chi connectivity index (χ0n) is 13.7. The van der Waals surface area contributed by atoms with Crippen LogP contribution in [0.3, 0.4) is 0 Å². The van der Waals surface area contributed by atoms with E-state index in [1.165, 1.54) is 0 Å². The lowest BCUT2D eigenvalue weighted by Crippen LogP contribution is -2.11. The molecule has 0 unspecified atom stereocenters. The summed E-state index contributed by atoms with van der Waals surface area (Å²) in [5, 5.41) is 4.34. The number of carbonyl (C=O) groups is 1. The molecule has 24 heavy (non-hydrogen) atoms. The van der Waals surface area contributed by atoms with Gasteiger partial charge in [0.2, 0.25) is 0 Å². The Morgan fingerprint density at radius 2 is 1.88 bits per heavy atom. The van der Waals surface area contributed by atoms with Crippen LogP contribution >= 0.6 is 0 Å². The molecule has 0 N–H and O–H groups in total. The Bertz CT molecular complexity index is 811. The maximum absolute atomic E-state index is 12.5. The number of esters is 1. The summed E-state index contributed by atoms with van der Waals surface area (Å²) in [6.07, 6.45) is 3.26. The van der Waals surface area contributed by atoms with Crippen LogP contribution in [0.4, 0.5) is 0 Å². The predicted molar refractivity (Wildman–Crippen MR) is 91.0 cm³/mol. The summed E-state index contributed by atoms with van der Waals surface area (Å²) in [5.74, 6) is 0.418. The third kappa shape index (κ3) is 3.35. The first kappa shape index (κ1) is 15.9. The average Bonchev–Trinajstić information content (AvgIpc) is 3.07. The topological polar surface area (TPSA) is 57.0 Å². The second kappa shape index (κ2) is 7.08. The molecule has 0 saturated carbocycles. The van der Waals surface area contributed by atoms with Gasteiger partial charge < -0.3 is 4.74 Å². The smallest absolute Gasteiger partial charge is 0.341 e. The first-order valence-electron chi connectivity index (χ1n) is 7.87. The summed E-state index contributed by atoms with van der Waals surface area (Å²) < 4.78 is 7.14. The molecule has 0 radical (unpaired) electrons. The van der Waals surface area contributed by atoms with Crippen molar-refractivity contribution < 1.29 is 9.53 Å². The molecule has 2 aromatic heterocycles. The van der Waals surface area contributed by atoms with Gasteiger partial charge in [0, 0.05) is 6.20 Å². The fourth-order valence-electron chi connectivity index (χ4n) is 2.53. The van der Waals surface area contributed by atoms with Crippen LogP contribution in [0.5, 0.6) is 0 Å². The predicted octanol–water partition coefficient (Wildman–Crippen LogP) is 3.75. The van der Waals surface area contributed by atoms with E-state index < -0.39 is 0 Å². The van der Waals surface area contributed by atoms with Crippen LogP contribution in [0, 0.1) is 0 Å². The van der Waals surface area contributed by atoms with Crippen molar-refractivity contribution in [2.75, 3.05) is 0 Å². The van der Waals surface area contributed by atoms with Gasteiger partial charge in [0.1, 0.15) is 12.2 Å². The molecule has 1 aromatic carbocycles. The highest BCUT2D eigenvalue weighted by atomic mass is 16.5. The summed E-state index contributed by atoms with van der Waals surface area (Å²) >= 11 is 0. The minimum Gasteiger partial charge on any atom is -0.457 e. The Balaban J connectivity index is 1.85. The number of benzene rings is 1. The van der Waals surface area contributed by atoms with Crippen molar-refractivity contribution in [3.63, 3.8) is 0 Å². The molecule has 0 atom stereocenters. The molecule has 0 saturated heterocycles. The molecule has 122 valence electrons. The molecule has 0 aliphatic rings. The molecule has 0 fully saturated rings. The number of carbonyl (C=O) groups excluding carboxylic acids is 1. The summed E-state index contributed by atoms with van der Waals surface area (Å²) in [6.45, 7) is 4.28. The molecule has 5 heteroatoms. The van der Waals surface area contributed by atoms with Crippen LogP contribution in [-0.2, 0) is 11.3 Å². The highest BCUT2D eigenvalue weighted by molar-refractivity contribution is 5.90. The maximum Gasteiger partial charge on any atom is 0.341 e. The third-order valence-electron chi connectivity index (χ3n) is 3.65. The fourth-order valence-corrected chi connectivity index (χ4v) is 2.53. The van der Waals surface area contributed by atoms with Crippen LogP contribution in [0.1, 0.15) is 41.4 Å². The number of aromatic nitrogens is 3.